The summed E-state index contributed by atoms with van der Waals surface area (Å²) < 4.78 is 36.7. The van der Waals surface area contributed by atoms with E-state index in [1.807, 2.05) is 0 Å². The standard InChI is InChI=1S/C16H24N2O5S/c1-22-12-9-16(19)17-13-7-10-18(11-8-13)24(20,21)15-5-3-14(23-2)4-6-15/h3-6,13H,7-12H2,1-2H3,(H,17,19). The number of hydrogen-bond acceptors (Lipinski definition) is 5. The predicted octanol–water partition coefficient (Wildman–Crippen LogP) is 1.00. The maximum Gasteiger partial charge on any atom is 0.243 e. The van der Waals surface area contributed by atoms with Gasteiger partial charge in [0.25, 0.3) is 0 Å². The molecule has 2 rings (SSSR count). The Morgan fingerprint density at radius 1 is 1.21 bits per heavy atom. The molecule has 1 aromatic rings. The van der Waals surface area contributed by atoms with Crippen molar-refractivity contribution in [3.05, 3.63) is 24.3 Å². The highest BCUT2D eigenvalue weighted by Gasteiger charge is 2.29. The van der Waals surface area contributed by atoms with Crippen LogP contribution in [0.5, 0.6) is 5.75 Å². The van der Waals surface area contributed by atoms with E-state index in [0.29, 0.717) is 44.7 Å². The average Bonchev–Trinajstić information content (AvgIpc) is 2.60. The van der Waals surface area contributed by atoms with Gasteiger partial charge in [-0.3, -0.25) is 4.79 Å². The quantitative estimate of drug-likeness (QED) is 0.788. The lowest BCUT2D eigenvalue weighted by atomic mass is 10.1. The number of hydrogen-bond donors (Lipinski definition) is 1. The number of amides is 1. The minimum Gasteiger partial charge on any atom is -0.497 e. The summed E-state index contributed by atoms with van der Waals surface area (Å²) in [6.45, 7) is 1.17. The summed E-state index contributed by atoms with van der Waals surface area (Å²) in [7, 11) is -0.420. The van der Waals surface area contributed by atoms with E-state index >= 15 is 0 Å². The van der Waals surface area contributed by atoms with Crippen LogP contribution in [-0.2, 0) is 19.6 Å². The molecule has 8 heteroatoms. The fourth-order valence-corrected chi connectivity index (χ4v) is 4.10. The lowest BCUT2D eigenvalue weighted by Gasteiger charge is -2.31. The second-order valence-corrected chi connectivity index (χ2v) is 7.60. The van der Waals surface area contributed by atoms with Gasteiger partial charge in [0.2, 0.25) is 15.9 Å². The Labute approximate surface area is 143 Å². The number of ether oxygens (including phenoxy) is 2. The van der Waals surface area contributed by atoms with Crippen molar-refractivity contribution >= 4 is 15.9 Å². The van der Waals surface area contributed by atoms with E-state index in [1.54, 1.807) is 31.4 Å². The molecule has 0 bridgehead atoms. The maximum absolute atomic E-state index is 12.6. The van der Waals surface area contributed by atoms with E-state index in [4.69, 9.17) is 9.47 Å². The number of rotatable bonds is 7. The van der Waals surface area contributed by atoms with Crippen LogP contribution < -0.4 is 10.1 Å². The Morgan fingerprint density at radius 3 is 2.38 bits per heavy atom. The Bertz CT molecular complexity index is 637. The van der Waals surface area contributed by atoms with Crippen LogP contribution in [0.1, 0.15) is 19.3 Å². The molecule has 1 fully saturated rings. The third-order valence-corrected chi connectivity index (χ3v) is 5.96. The van der Waals surface area contributed by atoms with Gasteiger partial charge >= 0.3 is 0 Å². The van der Waals surface area contributed by atoms with Gasteiger partial charge in [-0.25, -0.2) is 8.42 Å². The minimum atomic E-state index is -3.51. The first-order chi connectivity index (χ1) is 11.5. The van der Waals surface area contributed by atoms with E-state index in [1.165, 1.54) is 11.4 Å². The molecule has 0 radical (unpaired) electrons. The minimum absolute atomic E-state index is 0.0108. The summed E-state index contributed by atoms with van der Waals surface area (Å²) in [6, 6.07) is 6.38. The highest BCUT2D eigenvalue weighted by Crippen LogP contribution is 2.22. The fraction of sp³-hybridized carbons (Fsp3) is 0.562. The van der Waals surface area contributed by atoms with Crippen LogP contribution in [0.15, 0.2) is 29.2 Å². The summed E-state index contributed by atoms with van der Waals surface area (Å²) in [4.78, 5) is 12.0. The molecule has 0 aromatic heterocycles. The molecule has 0 saturated carbocycles. The van der Waals surface area contributed by atoms with Gasteiger partial charge in [0, 0.05) is 32.7 Å². The predicted molar refractivity (Wildman–Crippen MR) is 89.4 cm³/mol. The number of carbonyl (C=O) groups excluding carboxylic acids is 1. The number of nitrogens with zero attached hydrogens (tertiary/aromatic N) is 1. The van der Waals surface area contributed by atoms with Crippen molar-refractivity contribution in [3.63, 3.8) is 0 Å². The van der Waals surface area contributed by atoms with Crippen molar-refractivity contribution in [1.29, 1.82) is 0 Å². The zero-order chi connectivity index (χ0) is 17.6. The number of sulfonamides is 1. The maximum atomic E-state index is 12.6. The number of carbonyl (C=O) groups is 1. The molecule has 1 saturated heterocycles. The first-order valence-corrected chi connectivity index (χ1v) is 9.34. The van der Waals surface area contributed by atoms with Crippen molar-refractivity contribution in [3.8, 4) is 5.75 Å². The largest absolute Gasteiger partial charge is 0.497 e. The van der Waals surface area contributed by atoms with Crippen LogP contribution in [0.25, 0.3) is 0 Å². The van der Waals surface area contributed by atoms with Crippen LogP contribution in [0, 0.1) is 0 Å². The van der Waals surface area contributed by atoms with Crippen LogP contribution in [-0.4, -0.2) is 58.6 Å². The van der Waals surface area contributed by atoms with Crippen molar-refractivity contribution in [2.45, 2.75) is 30.2 Å². The molecule has 0 aliphatic carbocycles. The van der Waals surface area contributed by atoms with E-state index in [0.717, 1.165) is 0 Å². The normalized spacial score (nSPS) is 16.8. The first-order valence-electron chi connectivity index (χ1n) is 7.90. The first kappa shape index (κ1) is 18.7. The van der Waals surface area contributed by atoms with Gasteiger partial charge in [0.1, 0.15) is 5.75 Å². The van der Waals surface area contributed by atoms with Gasteiger partial charge in [-0.05, 0) is 37.1 Å². The highest BCUT2D eigenvalue weighted by molar-refractivity contribution is 7.89. The number of piperidine rings is 1. The molecule has 7 nitrogen and oxygen atoms in total. The smallest absolute Gasteiger partial charge is 0.243 e. The zero-order valence-corrected chi connectivity index (χ0v) is 14.8. The molecule has 0 spiro atoms. The van der Waals surface area contributed by atoms with E-state index in [2.05, 4.69) is 5.32 Å². The molecule has 1 aliphatic heterocycles. The highest BCUT2D eigenvalue weighted by atomic mass is 32.2. The molecule has 1 aliphatic rings. The molecule has 0 atom stereocenters. The summed E-state index contributed by atoms with van der Waals surface area (Å²) in [6.07, 6.45) is 1.53. The van der Waals surface area contributed by atoms with Crippen molar-refractivity contribution < 1.29 is 22.7 Å². The van der Waals surface area contributed by atoms with Gasteiger partial charge in [-0.15, -0.1) is 0 Å². The summed E-state index contributed by atoms with van der Waals surface area (Å²) in [5.41, 5.74) is 0. The SMILES string of the molecule is COCCC(=O)NC1CCN(S(=O)(=O)c2ccc(OC)cc2)CC1. The topological polar surface area (TPSA) is 84.9 Å². The second kappa shape index (κ2) is 8.46. The molecule has 0 unspecified atom stereocenters. The molecule has 1 heterocycles. The Morgan fingerprint density at radius 2 is 1.83 bits per heavy atom. The molecule has 1 aromatic carbocycles. The molecule has 24 heavy (non-hydrogen) atoms. The second-order valence-electron chi connectivity index (χ2n) is 5.66. The van der Waals surface area contributed by atoms with E-state index in [9.17, 15) is 13.2 Å². The number of benzene rings is 1. The molecular formula is C16H24N2O5S. The molecule has 134 valence electrons. The van der Waals surface area contributed by atoms with Crippen molar-refractivity contribution in [2.75, 3.05) is 33.9 Å². The van der Waals surface area contributed by atoms with Gasteiger partial charge in [0.15, 0.2) is 0 Å². The van der Waals surface area contributed by atoms with E-state index in [-0.39, 0.29) is 16.8 Å². The summed E-state index contributed by atoms with van der Waals surface area (Å²) in [5.74, 6) is 0.555. The number of methoxy groups -OCH3 is 2. The summed E-state index contributed by atoms with van der Waals surface area (Å²) in [5, 5.41) is 2.92. The lowest BCUT2D eigenvalue weighted by Crippen LogP contribution is -2.46. The van der Waals surface area contributed by atoms with Gasteiger partial charge in [-0.2, -0.15) is 4.31 Å². The summed E-state index contributed by atoms with van der Waals surface area (Å²) >= 11 is 0. The third kappa shape index (κ3) is 4.68. The third-order valence-electron chi connectivity index (χ3n) is 4.05. The average molecular weight is 356 g/mol. The Hall–Kier alpha value is -1.64. The van der Waals surface area contributed by atoms with Gasteiger partial charge in [0.05, 0.1) is 18.6 Å². The molecular weight excluding hydrogens is 332 g/mol. The fourth-order valence-electron chi connectivity index (χ4n) is 2.63. The van der Waals surface area contributed by atoms with Crippen LogP contribution >= 0.6 is 0 Å². The Kier molecular flexibility index (Phi) is 6.59. The van der Waals surface area contributed by atoms with Crippen LogP contribution in [0.4, 0.5) is 0 Å². The lowest BCUT2D eigenvalue weighted by molar-refractivity contribution is -0.122. The van der Waals surface area contributed by atoms with Crippen LogP contribution in [0.2, 0.25) is 0 Å². The van der Waals surface area contributed by atoms with E-state index < -0.39 is 10.0 Å². The number of nitrogens with one attached hydrogen (secondary N) is 1. The molecule has 1 N–H and O–H groups in total. The van der Waals surface area contributed by atoms with Crippen molar-refractivity contribution in [1.82, 2.24) is 9.62 Å². The van der Waals surface area contributed by atoms with Gasteiger partial charge in [-0.1, -0.05) is 0 Å². The molecule has 1 amide bonds. The monoisotopic (exact) mass is 356 g/mol. The van der Waals surface area contributed by atoms with Crippen LogP contribution in [0.3, 0.4) is 0 Å². The Balaban J connectivity index is 1.91. The van der Waals surface area contributed by atoms with Gasteiger partial charge < -0.3 is 14.8 Å². The van der Waals surface area contributed by atoms with Crippen molar-refractivity contribution in [2.24, 2.45) is 0 Å². The zero-order valence-electron chi connectivity index (χ0n) is 14.0.